The molecule has 0 aromatic heterocycles. The largest absolute Gasteiger partial charge is 0.416 e. The van der Waals surface area contributed by atoms with E-state index in [-0.39, 0.29) is 28.6 Å². The molecule has 4 aliphatic rings. The fourth-order valence-electron chi connectivity index (χ4n) is 9.90. The number of alkyl halides is 3. The Balaban J connectivity index is 1.37. The highest BCUT2D eigenvalue weighted by Gasteiger charge is 2.58. The summed E-state index contributed by atoms with van der Waals surface area (Å²) in [4.78, 5) is 0.00319. The van der Waals surface area contributed by atoms with Crippen LogP contribution in [-0.2, 0) is 9.84 Å². The number of allylic oxidation sites excluding steroid dienone is 1. The number of rotatable bonds is 8. The van der Waals surface area contributed by atoms with E-state index in [1.807, 2.05) is 6.92 Å². The summed E-state index contributed by atoms with van der Waals surface area (Å²) in [5.74, 6) is 2.35. The second-order valence-corrected chi connectivity index (χ2v) is 17.0. The molecule has 10 atom stereocenters. The number of benzene rings is 1. The van der Waals surface area contributed by atoms with Crippen LogP contribution in [0.4, 0.5) is 13.2 Å². The van der Waals surface area contributed by atoms with Crippen molar-refractivity contribution in [2.75, 3.05) is 0 Å². The van der Waals surface area contributed by atoms with Crippen LogP contribution < -0.4 is 0 Å². The first-order valence-corrected chi connectivity index (χ1v) is 17.6. The zero-order valence-electron chi connectivity index (χ0n) is 25.5. The van der Waals surface area contributed by atoms with Gasteiger partial charge in [-0.05, 0) is 124 Å². The predicted octanol–water partition coefficient (Wildman–Crippen LogP) is 7.89. The Kier molecular flexibility index (Phi) is 8.54. The smallest absolute Gasteiger partial charge is 0.390 e. The molecule has 5 rings (SSSR count). The normalized spacial score (nSPS) is 37.9. The minimum absolute atomic E-state index is 0.00319. The van der Waals surface area contributed by atoms with Crippen molar-refractivity contribution < 1.29 is 31.8 Å². The van der Waals surface area contributed by atoms with Crippen LogP contribution in [-0.4, -0.2) is 41.3 Å². The molecule has 2 N–H and O–H groups in total. The number of halogens is 3. The topological polar surface area (TPSA) is 74.6 Å². The van der Waals surface area contributed by atoms with Crippen LogP contribution in [0.5, 0.6) is 0 Å². The third kappa shape index (κ3) is 5.62. The van der Waals surface area contributed by atoms with Crippen molar-refractivity contribution in [1.82, 2.24) is 0 Å². The molecule has 8 heteroatoms. The van der Waals surface area contributed by atoms with Gasteiger partial charge in [0.1, 0.15) is 0 Å². The Morgan fingerprint density at radius 1 is 1.05 bits per heavy atom. The number of fused-ring (bicyclic) bond motifs is 5. The fraction of sp³-hybridized carbons (Fsp3) is 0.765. The van der Waals surface area contributed by atoms with Crippen LogP contribution in [0.2, 0.25) is 0 Å². The van der Waals surface area contributed by atoms with E-state index in [0.29, 0.717) is 30.6 Å². The zero-order valence-corrected chi connectivity index (χ0v) is 26.4. The summed E-state index contributed by atoms with van der Waals surface area (Å²) in [7, 11) is -4.10. The van der Waals surface area contributed by atoms with Crippen molar-refractivity contribution in [3.05, 3.63) is 42.0 Å². The quantitative estimate of drug-likeness (QED) is 0.294. The lowest BCUT2D eigenvalue weighted by Crippen LogP contribution is -2.49. The molecule has 0 spiro atoms. The third-order valence-electron chi connectivity index (χ3n) is 12.4. The average Bonchev–Trinajstić information content (AvgIpc) is 3.29. The summed E-state index contributed by atoms with van der Waals surface area (Å²) in [6.45, 7) is 7.13. The molecule has 0 heterocycles. The number of hydrogen-bond acceptors (Lipinski definition) is 4. The van der Waals surface area contributed by atoms with Crippen molar-refractivity contribution in [2.45, 2.75) is 126 Å². The molecule has 4 nitrogen and oxygen atoms in total. The van der Waals surface area contributed by atoms with Crippen molar-refractivity contribution in [3.8, 4) is 0 Å². The highest BCUT2D eigenvalue weighted by molar-refractivity contribution is 7.92. The van der Waals surface area contributed by atoms with E-state index >= 15 is 0 Å². The molecule has 0 amide bonds. The fourth-order valence-corrected chi connectivity index (χ4v) is 11.9. The summed E-state index contributed by atoms with van der Waals surface area (Å²) in [6.07, 6.45) is 5.37. The Morgan fingerprint density at radius 2 is 1.74 bits per heavy atom. The Labute approximate surface area is 250 Å². The van der Waals surface area contributed by atoms with Gasteiger partial charge in [0.25, 0.3) is 0 Å². The summed E-state index contributed by atoms with van der Waals surface area (Å²) >= 11 is 0. The summed E-state index contributed by atoms with van der Waals surface area (Å²) < 4.78 is 68.8. The molecular weight excluding hydrogens is 561 g/mol. The summed E-state index contributed by atoms with van der Waals surface area (Å²) in [5.41, 5.74) is -2.21. The maximum atomic E-state index is 13.8. The molecule has 1 unspecified atom stereocenters. The van der Waals surface area contributed by atoms with Crippen LogP contribution in [0, 0.1) is 40.9 Å². The van der Waals surface area contributed by atoms with Gasteiger partial charge in [0.05, 0.1) is 15.7 Å². The summed E-state index contributed by atoms with van der Waals surface area (Å²) in [5, 5.41) is 20.0. The van der Waals surface area contributed by atoms with Gasteiger partial charge in [-0.3, -0.25) is 0 Å². The lowest BCUT2D eigenvalue weighted by molar-refractivity contribution is -0.255. The van der Waals surface area contributed by atoms with E-state index < -0.39 is 38.9 Å². The van der Waals surface area contributed by atoms with Crippen LogP contribution in [0.25, 0.3) is 0 Å². The first-order chi connectivity index (χ1) is 19.5. The van der Waals surface area contributed by atoms with E-state index in [9.17, 15) is 31.8 Å². The van der Waals surface area contributed by atoms with E-state index in [1.165, 1.54) is 17.7 Å². The molecule has 0 aliphatic heterocycles. The maximum absolute atomic E-state index is 13.8. The van der Waals surface area contributed by atoms with Crippen molar-refractivity contribution in [3.63, 3.8) is 0 Å². The van der Waals surface area contributed by atoms with Gasteiger partial charge in [0, 0.05) is 6.42 Å². The van der Waals surface area contributed by atoms with Crippen LogP contribution >= 0.6 is 0 Å². The zero-order chi connectivity index (χ0) is 30.7. The Bertz CT molecular complexity index is 1260. The van der Waals surface area contributed by atoms with Gasteiger partial charge in [0.2, 0.25) is 0 Å². The van der Waals surface area contributed by atoms with Gasteiger partial charge >= 0.3 is 6.18 Å². The maximum Gasteiger partial charge on any atom is 0.416 e. The minimum atomic E-state index is -4.93. The second kappa shape index (κ2) is 11.2. The second-order valence-electron chi connectivity index (χ2n) is 14.7. The van der Waals surface area contributed by atoms with Gasteiger partial charge < -0.3 is 10.2 Å². The standard InChI is InChI=1S/C34H49F3O4S/c1-5-33(39)18-16-26-23(20-33)11-12-28-27(26)15-17-31(3)29(13-14-30(28)31)22(2)19-25(21-32(4,38)34(35,36)37)42(40,41)24-9-7-6-8-10-24/h6-11,22,25-30,38-39H,5,12-21H2,1-4H3/t22-,25?,26+,27-,28-,29-,30+,31-,32+,33+/m1/s1. The number of hydrogen-bond donors (Lipinski definition) is 2. The van der Waals surface area contributed by atoms with Crippen LogP contribution in [0.15, 0.2) is 46.9 Å². The minimum Gasteiger partial charge on any atom is -0.390 e. The number of aliphatic hydroxyl groups is 2. The first kappa shape index (κ1) is 32.0. The molecular formula is C34H49F3O4S. The molecule has 1 aromatic carbocycles. The SMILES string of the molecule is CC[C@]1(O)CC[C@H]2C(=CC[C@@H]3[C@@H]2CC[C@]2(C)[C@@H]([C@H](C)CC(C[C@](C)(O)C(F)(F)F)S(=O)(=O)c4ccccc4)CC[C@@H]32)C1. The van der Waals surface area contributed by atoms with Crippen LogP contribution in [0.3, 0.4) is 0 Å². The van der Waals surface area contributed by atoms with Gasteiger partial charge in [-0.1, -0.05) is 50.6 Å². The van der Waals surface area contributed by atoms with Crippen molar-refractivity contribution in [2.24, 2.45) is 40.9 Å². The first-order valence-electron chi connectivity index (χ1n) is 16.0. The lowest BCUT2D eigenvalue weighted by atomic mass is 9.50. The summed E-state index contributed by atoms with van der Waals surface area (Å²) in [6, 6.07) is 7.70. The van der Waals surface area contributed by atoms with E-state index in [1.54, 1.807) is 18.2 Å². The van der Waals surface area contributed by atoms with E-state index in [0.717, 1.165) is 57.8 Å². The van der Waals surface area contributed by atoms with Crippen molar-refractivity contribution in [1.29, 1.82) is 0 Å². The third-order valence-corrected chi connectivity index (χ3v) is 14.6. The van der Waals surface area contributed by atoms with Gasteiger partial charge in [0.15, 0.2) is 15.4 Å². The molecule has 236 valence electrons. The van der Waals surface area contributed by atoms with Gasteiger partial charge in [-0.2, -0.15) is 13.2 Å². The highest BCUT2D eigenvalue weighted by Crippen LogP contribution is 2.65. The molecule has 3 fully saturated rings. The predicted molar refractivity (Wildman–Crippen MR) is 158 cm³/mol. The van der Waals surface area contributed by atoms with Gasteiger partial charge in [-0.15, -0.1) is 0 Å². The van der Waals surface area contributed by atoms with Crippen LogP contribution in [0.1, 0.15) is 98.3 Å². The number of sulfone groups is 1. The van der Waals surface area contributed by atoms with Gasteiger partial charge in [-0.25, -0.2) is 8.42 Å². The average molecular weight is 611 g/mol. The molecule has 0 radical (unpaired) electrons. The molecule has 1 aromatic rings. The Morgan fingerprint density at radius 3 is 2.38 bits per heavy atom. The lowest BCUT2D eigenvalue weighted by Gasteiger charge is -2.55. The van der Waals surface area contributed by atoms with Crippen molar-refractivity contribution >= 4 is 9.84 Å². The van der Waals surface area contributed by atoms with E-state index in [2.05, 4.69) is 19.9 Å². The molecule has 0 bridgehead atoms. The highest BCUT2D eigenvalue weighted by atomic mass is 32.2. The van der Waals surface area contributed by atoms with E-state index in [4.69, 9.17) is 0 Å². The molecule has 42 heavy (non-hydrogen) atoms. The Hall–Kier alpha value is -1.38. The monoisotopic (exact) mass is 610 g/mol. The molecule has 3 saturated carbocycles. The molecule has 4 aliphatic carbocycles. The molecule has 0 saturated heterocycles.